The van der Waals surface area contributed by atoms with E-state index < -0.39 is 5.97 Å². The minimum absolute atomic E-state index is 0.114. The van der Waals surface area contributed by atoms with Gasteiger partial charge in [-0.05, 0) is 13.8 Å². The minimum Gasteiger partial charge on any atom is -0.465 e. The maximum atomic E-state index is 11.7. The molecule has 1 saturated heterocycles. The maximum Gasteiger partial charge on any atom is 0.341 e. The van der Waals surface area contributed by atoms with Gasteiger partial charge in [0, 0.05) is 26.4 Å². The molecule has 0 aliphatic carbocycles. The molecule has 0 N–H and O–H groups in total. The average molecular weight is 295 g/mol. The summed E-state index contributed by atoms with van der Waals surface area (Å²) in [5, 5.41) is 0. The van der Waals surface area contributed by atoms with Crippen LogP contribution in [0.4, 0.5) is 5.95 Å². The van der Waals surface area contributed by atoms with Gasteiger partial charge < -0.3 is 19.1 Å². The Morgan fingerprint density at radius 3 is 2.62 bits per heavy atom. The molecule has 1 aromatic heterocycles. The highest BCUT2D eigenvalue weighted by Gasteiger charge is 2.25. The number of ether oxygens (including phenoxy) is 3. The molecule has 0 saturated carbocycles. The van der Waals surface area contributed by atoms with Crippen LogP contribution in [0.3, 0.4) is 0 Å². The smallest absolute Gasteiger partial charge is 0.341 e. The van der Waals surface area contributed by atoms with Crippen molar-refractivity contribution < 1.29 is 19.0 Å². The van der Waals surface area contributed by atoms with Crippen molar-refractivity contribution >= 4 is 11.9 Å². The van der Waals surface area contributed by atoms with Crippen LogP contribution in [0.1, 0.15) is 29.9 Å². The van der Waals surface area contributed by atoms with Gasteiger partial charge in [-0.25, -0.2) is 14.8 Å². The fourth-order valence-corrected chi connectivity index (χ4v) is 2.43. The minimum atomic E-state index is -0.461. The highest BCUT2D eigenvalue weighted by atomic mass is 16.5. The van der Waals surface area contributed by atoms with Crippen molar-refractivity contribution in [3.63, 3.8) is 0 Å². The molecule has 116 valence electrons. The van der Waals surface area contributed by atoms with Crippen LogP contribution >= 0.6 is 0 Å². The van der Waals surface area contributed by atoms with E-state index in [0.717, 1.165) is 0 Å². The number of anilines is 1. The van der Waals surface area contributed by atoms with Crippen LogP contribution < -0.4 is 4.90 Å². The zero-order valence-electron chi connectivity index (χ0n) is 12.8. The SMILES string of the molecule is COCc1nc(N2CC(C)OC(C)C2)ncc1C(=O)OC. The van der Waals surface area contributed by atoms with Crippen molar-refractivity contribution in [1.29, 1.82) is 0 Å². The summed E-state index contributed by atoms with van der Waals surface area (Å²) in [6.07, 6.45) is 1.72. The summed E-state index contributed by atoms with van der Waals surface area (Å²) in [5.74, 6) is 0.119. The predicted molar refractivity (Wildman–Crippen MR) is 76.3 cm³/mol. The monoisotopic (exact) mass is 295 g/mol. The third-order valence-electron chi connectivity index (χ3n) is 3.24. The lowest BCUT2D eigenvalue weighted by Crippen LogP contribution is -2.46. The first kappa shape index (κ1) is 15.7. The number of aromatic nitrogens is 2. The normalized spacial score (nSPS) is 22.2. The van der Waals surface area contributed by atoms with Gasteiger partial charge in [-0.1, -0.05) is 0 Å². The van der Waals surface area contributed by atoms with E-state index in [0.29, 0.717) is 30.3 Å². The number of carbonyl (C=O) groups excluding carboxylic acids is 1. The number of rotatable bonds is 4. The summed E-state index contributed by atoms with van der Waals surface area (Å²) in [6.45, 7) is 5.70. The van der Waals surface area contributed by atoms with Gasteiger partial charge in [0.05, 0.1) is 31.6 Å². The first-order valence-electron chi connectivity index (χ1n) is 6.88. The first-order valence-corrected chi connectivity index (χ1v) is 6.88. The van der Waals surface area contributed by atoms with E-state index in [9.17, 15) is 4.79 Å². The number of carbonyl (C=O) groups is 1. The fraction of sp³-hybridized carbons (Fsp3) is 0.643. The van der Waals surface area contributed by atoms with Crippen molar-refractivity contribution in [2.24, 2.45) is 0 Å². The molecule has 2 unspecified atom stereocenters. The van der Waals surface area contributed by atoms with E-state index >= 15 is 0 Å². The summed E-state index contributed by atoms with van der Waals surface area (Å²) in [5.41, 5.74) is 0.860. The van der Waals surface area contributed by atoms with Gasteiger partial charge in [-0.15, -0.1) is 0 Å². The van der Waals surface area contributed by atoms with Crippen LogP contribution in [0.15, 0.2) is 6.20 Å². The lowest BCUT2D eigenvalue weighted by Gasteiger charge is -2.35. The molecule has 21 heavy (non-hydrogen) atoms. The Kier molecular flexibility index (Phi) is 5.08. The molecule has 2 atom stereocenters. The van der Waals surface area contributed by atoms with E-state index in [-0.39, 0.29) is 18.8 Å². The van der Waals surface area contributed by atoms with Crippen LogP contribution in [0, 0.1) is 0 Å². The van der Waals surface area contributed by atoms with E-state index in [1.165, 1.54) is 13.3 Å². The van der Waals surface area contributed by atoms with Crippen LogP contribution in [0.5, 0.6) is 0 Å². The van der Waals surface area contributed by atoms with Gasteiger partial charge in [0.15, 0.2) is 0 Å². The van der Waals surface area contributed by atoms with Crippen molar-refractivity contribution in [3.8, 4) is 0 Å². The number of hydrogen-bond donors (Lipinski definition) is 0. The molecule has 0 radical (unpaired) electrons. The standard InChI is InChI=1S/C14H21N3O4/c1-9-6-17(7-10(2)21-9)14-15-5-11(13(18)20-4)12(16-14)8-19-3/h5,9-10H,6-8H2,1-4H3. The predicted octanol–water partition coefficient (Wildman–Crippen LogP) is 1.02. The topological polar surface area (TPSA) is 73.8 Å². The highest BCUT2D eigenvalue weighted by molar-refractivity contribution is 5.90. The second kappa shape index (κ2) is 6.82. The molecule has 1 aromatic rings. The zero-order valence-corrected chi connectivity index (χ0v) is 12.8. The van der Waals surface area contributed by atoms with Crippen LogP contribution in [-0.4, -0.2) is 55.5 Å². The largest absolute Gasteiger partial charge is 0.465 e. The summed E-state index contributed by atoms with van der Waals surface area (Å²) >= 11 is 0. The molecular weight excluding hydrogens is 274 g/mol. The number of methoxy groups -OCH3 is 2. The molecule has 0 bridgehead atoms. The average Bonchev–Trinajstić information content (AvgIpc) is 2.45. The van der Waals surface area contributed by atoms with Gasteiger partial charge >= 0.3 is 5.97 Å². The quantitative estimate of drug-likeness (QED) is 0.768. The number of esters is 1. The maximum absolute atomic E-state index is 11.7. The Hall–Kier alpha value is -1.73. The fourth-order valence-electron chi connectivity index (χ4n) is 2.43. The Balaban J connectivity index is 2.28. The second-order valence-corrected chi connectivity index (χ2v) is 5.12. The van der Waals surface area contributed by atoms with E-state index in [1.54, 1.807) is 7.11 Å². The van der Waals surface area contributed by atoms with Gasteiger partial charge in [0.2, 0.25) is 5.95 Å². The third-order valence-corrected chi connectivity index (χ3v) is 3.24. The molecule has 0 aromatic carbocycles. The van der Waals surface area contributed by atoms with Crippen molar-refractivity contribution in [2.75, 3.05) is 32.2 Å². The van der Waals surface area contributed by atoms with E-state index in [2.05, 4.69) is 14.9 Å². The lowest BCUT2D eigenvalue weighted by atomic mass is 10.2. The molecule has 1 fully saturated rings. The summed E-state index contributed by atoms with van der Waals surface area (Å²) in [4.78, 5) is 22.5. The Morgan fingerprint density at radius 1 is 1.38 bits per heavy atom. The third kappa shape index (κ3) is 3.68. The molecule has 7 heteroatoms. The molecule has 2 rings (SSSR count). The van der Waals surface area contributed by atoms with E-state index in [1.807, 2.05) is 13.8 Å². The molecule has 0 amide bonds. The number of nitrogens with zero attached hydrogens (tertiary/aromatic N) is 3. The molecule has 7 nitrogen and oxygen atoms in total. The van der Waals surface area contributed by atoms with Crippen LogP contribution in [-0.2, 0) is 20.8 Å². The number of hydrogen-bond acceptors (Lipinski definition) is 7. The van der Waals surface area contributed by atoms with Crippen LogP contribution in [0.2, 0.25) is 0 Å². The Bertz CT molecular complexity index is 499. The molecule has 1 aliphatic rings. The lowest BCUT2D eigenvalue weighted by molar-refractivity contribution is -0.00576. The Morgan fingerprint density at radius 2 is 2.05 bits per heavy atom. The van der Waals surface area contributed by atoms with Gasteiger partial charge in [-0.3, -0.25) is 0 Å². The molecule has 2 heterocycles. The van der Waals surface area contributed by atoms with E-state index in [4.69, 9.17) is 14.2 Å². The Labute approximate surface area is 124 Å². The van der Waals surface area contributed by atoms with Gasteiger partial charge in [0.25, 0.3) is 0 Å². The van der Waals surface area contributed by atoms with Gasteiger partial charge in [-0.2, -0.15) is 0 Å². The van der Waals surface area contributed by atoms with Gasteiger partial charge in [0.1, 0.15) is 5.56 Å². The van der Waals surface area contributed by atoms with Crippen molar-refractivity contribution in [3.05, 3.63) is 17.5 Å². The molecule has 1 aliphatic heterocycles. The molecular formula is C14H21N3O4. The second-order valence-electron chi connectivity index (χ2n) is 5.12. The first-order chi connectivity index (χ1) is 10.0. The summed E-state index contributed by atoms with van der Waals surface area (Å²) in [7, 11) is 2.89. The molecule has 0 spiro atoms. The van der Waals surface area contributed by atoms with Crippen molar-refractivity contribution in [1.82, 2.24) is 9.97 Å². The summed E-state index contributed by atoms with van der Waals surface area (Å²) in [6, 6.07) is 0. The summed E-state index contributed by atoms with van der Waals surface area (Å²) < 4.78 is 15.5. The highest BCUT2D eigenvalue weighted by Crippen LogP contribution is 2.18. The number of morpholine rings is 1. The van der Waals surface area contributed by atoms with Crippen LogP contribution in [0.25, 0.3) is 0 Å². The zero-order chi connectivity index (χ0) is 15.4. The van der Waals surface area contributed by atoms with Crippen molar-refractivity contribution in [2.45, 2.75) is 32.7 Å².